The second kappa shape index (κ2) is 13.3. The predicted molar refractivity (Wildman–Crippen MR) is 152 cm³/mol. The molecule has 1 aliphatic heterocycles. The zero-order valence-electron chi connectivity index (χ0n) is 21.9. The summed E-state index contributed by atoms with van der Waals surface area (Å²) in [6.45, 7) is 1.82. The minimum absolute atomic E-state index is 0.100. The Labute approximate surface area is 240 Å². The van der Waals surface area contributed by atoms with E-state index < -0.39 is 29.9 Å². The third kappa shape index (κ3) is 7.10. The highest BCUT2D eigenvalue weighted by Crippen LogP contribution is 2.28. The lowest BCUT2D eigenvalue weighted by Crippen LogP contribution is -2.50. The molecule has 0 spiro atoms. The normalized spacial score (nSPS) is 16.0. The van der Waals surface area contributed by atoms with E-state index in [1.54, 1.807) is 36.4 Å². The number of hydrogen-bond donors (Lipinski definition) is 3. The number of carbonyl (C=O) groups excluding carboxylic acids is 2. The Balaban J connectivity index is 1.58. The number of methoxy groups -OCH3 is 1. The Morgan fingerprint density at radius 1 is 1.20 bits per heavy atom. The predicted octanol–water partition coefficient (Wildman–Crippen LogP) is 4.95. The molecular weight excluding hydrogens is 556 g/mol. The van der Waals surface area contributed by atoms with Crippen molar-refractivity contribution in [3.63, 3.8) is 0 Å². The van der Waals surface area contributed by atoms with Gasteiger partial charge in [-0.3, -0.25) is 14.7 Å². The fourth-order valence-electron chi connectivity index (χ4n) is 4.22. The van der Waals surface area contributed by atoms with Gasteiger partial charge in [0.05, 0.1) is 32.2 Å². The number of amidine groups is 1. The zero-order chi connectivity index (χ0) is 28.6. The van der Waals surface area contributed by atoms with Crippen LogP contribution in [0, 0.1) is 5.92 Å². The van der Waals surface area contributed by atoms with E-state index in [1.807, 2.05) is 25.1 Å². The number of carbonyl (C=O) groups is 3. The van der Waals surface area contributed by atoms with Crippen LogP contribution in [0.5, 0.6) is 11.5 Å². The number of carboxylic acid groups (broad SMARTS) is 1. The molecule has 2 aromatic carbocycles. The first-order valence-corrected chi connectivity index (χ1v) is 13.8. The molecular formula is C28H29ClN4O6S. The number of amides is 3. The highest BCUT2D eigenvalue weighted by atomic mass is 35.5. The average Bonchev–Trinajstić information content (AvgIpc) is 3.40. The molecule has 4 rings (SSSR count). The van der Waals surface area contributed by atoms with E-state index in [0.717, 1.165) is 16.2 Å². The van der Waals surface area contributed by atoms with E-state index in [2.05, 4.69) is 15.8 Å². The van der Waals surface area contributed by atoms with Gasteiger partial charge in [-0.25, -0.2) is 15.1 Å². The smallest absolute Gasteiger partial charge is 0.345 e. The van der Waals surface area contributed by atoms with E-state index in [4.69, 9.17) is 21.2 Å². The Kier molecular flexibility index (Phi) is 9.62. The van der Waals surface area contributed by atoms with Crippen LogP contribution in [0.4, 0.5) is 4.79 Å². The van der Waals surface area contributed by atoms with Crippen molar-refractivity contribution in [2.24, 2.45) is 10.9 Å². The van der Waals surface area contributed by atoms with Crippen molar-refractivity contribution in [2.45, 2.75) is 25.8 Å². The van der Waals surface area contributed by atoms with Gasteiger partial charge in [-0.05, 0) is 60.9 Å². The van der Waals surface area contributed by atoms with Gasteiger partial charge < -0.3 is 20.0 Å². The zero-order valence-corrected chi connectivity index (χ0v) is 23.5. The van der Waals surface area contributed by atoms with Crippen LogP contribution < -0.4 is 20.4 Å². The first-order valence-electron chi connectivity index (χ1n) is 12.6. The number of hydroxylamine groups is 1. The van der Waals surface area contributed by atoms with Crippen molar-refractivity contribution >= 4 is 46.7 Å². The number of benzene rings is 2. The molecule has 3 aromatic rings. The van der Waals surface area contributed by atoms with Crippen molar-refractivity contribution in [1.29, 1.82) is 0 Å². The molecule has 0 aliphatic carbocycles. The van der Waals surface area contributed by atoms with Crippen molar-refractivity contribution in [1.82, 2.24) is 15.7 Å². The molecule has 0 saturated carbocycles. The van der Waals surface area contributed by atoms with Gasteiger partial charge in [0.2, 0.25) is 5.91 Å². The number of rotatable bonds is 9. The Morgan fingerprint density at radius 3 is 2.65 bits per heavy atom. The van der Waals surface area contributed by atoms with E-state index in [9.17, 15) is 19.5 Å². The first-order chi connectivity index (χ1) is 19.3. The van der Waals surface area contributed by atoms with Crippen LogP contribution in [0.2, 0.25) is 5.02 Å². The van der Waals surface area contributed by atoms with Gasteiger partial charge in [-0.15, -0.1) is 11.3 Å². The number of imide groups is 1. The monoisotopic (exact) mass is 584 g/mol. The average molecular weight is 585 g/mol. The number of ether oxygens (including phenoxy) is 1. The van der Waals surface area contributed by atoms with Crippen LogP contribution in [-0.2, 0) is 11.2 Å². The third-order valence-electron chi connectivity index (χ3n) is 6.30. The van der Waals surface area contributed by atoms with Gasteiger partial charge in [0.15, 0.2) is 11.6 Å². The van der Waals surface area contributed by atoms with Gasteiger partial charge in [-0.2, -0.15) is 0 Å². The van der Waals surface area contributed by atoms with Crippen LogP contribution in [-0.4, -0.2) is 53.9 Å². The molecule has 0 bridgehead atoms. The van der Waals surface area contributed by atoms with Crippen LogP contribution in [0.25, 0.3) is 0 Å². The molecule has 210 valence electrons. The largest absolute Gasteiger partial charge is 0.496 e. The number of nitrogens with one attached hydrogen (secondary N) is 2. The summed E-state index contributed by atoms with van der Waals surface area (Å²) in [5.74, 6) is -0.739. The molecule has 0 fully saturated rings. The highest BCUT2D eigenvalue weighted by Gasteiger charge is 2.34. The summed E-state index contributed by atoms with van der Waals surface area (Å²) in [5, 5.41) is 12.7. The lowest BCUT2D eigenvalue weighted by molar-refractivity contribution is -0.131. The molecule has 3 amide bonds. The Bertz CT molecular complexity index is 1400. The number of hydrogen-bond acceptors (Lipinski definition) is 8. The molecule has 1 aliphatic rings. The maximum Gasteiger partial charge on any atom is 0.345 e. The van der Waals surface area contributed by atoms with Gasteiger partial charge in [-0.1, -0.05) is 36.7 Å². The van der Waals surface area contributed by atoms with Crippen molar-refractivity contribution in [2.75, 3.05) is 20.2 Å². The molecule has 2 atom stereocenters. The van der Waals surface area contributed by atoms with Crippen LogP contribution in [0.15, 0.2) is 65.7 Å². The number of aliphatic imine (C=N–C) groups is 1. The van der Waals surface area contributed by atoms with Crippen molar-refractivity contribution < 1.29 is 29.1 Å². The molecule has 3 N–H and O–H groups in total. The quantitative estimate of drug-likeness (QED) is 0.303. The van der Waals surface area contributed by atoms with Crippen LogP contribution in [0.1, 0.15) is 39.5 Å². The number of thiophene rings is 1. The molecule has 12 heteroatoms. The van der Waals surface area contributed by atoms with Gasteiger partial charge in [0, 0.05) is 9.90 Å². The maximum absolute atomic E-state index is 13.8. The summed E-state index contributed by atoms with van der Waals surface area (Å²) in [6, 6.07) is 16.2. The molecule has 1 aromatic heterocycles. The molecule has 0 saturated heterocycles. The summed E-state index contributed by atoms with van der Waals surface area (Å²) in [7, 11) is 1.54. The molecule has 40 heavy (non-hydrogen) atoms. The summed E-state index contributed by atoms with van der Waals surface area (Å²) >= 11 is 7.29. The maximum atomic E-state index is 13.8. The number of para-hydroxylation sites is 1. The second-order valence-corrected chi connectivity index (χ2v) is 10.6. The van der Waals surface area contributed by atoms with Gasteiger partial charge in [0.1, 0.15) is 10.6 Å². The van der Waals surface area contributed by atoms with Crippen molar-refractivity contribution in [3.05, 3.63) is 81.0 Å². The fourth-order valence-corrected chi connectivity index (χ4v) is 5.40. The van der Waals surface area contributed by atoms with E-state index in [-0.39, 0.29) is 24.4 Å². The number of urea groups is 1. The first kappa shape index (κ1) is 28.9. The number of aromatic carboxylic acids is 1. The Morgan fingerprint density at radius 2 is 1.98 bits per heavy atom. The van der Waals surface area contributed by atoms with Crippen molar-refractivity contribution in [3.8, 4) is 11.5 Å². The lowest BCUT2D eigenvalue weighted by atomic mass is 9.97. The second-order valence-electron chi connectivity index (χ2n) is 9.00. The van der Waals surface area contributed by atoms with Gasteiger partial charge >= 0.3 is 12.0 Å². The molecule has 2 heterocycles. The lowest BCUT2D eigenvalue weighted by Gasteiger charge is -2.26. The minimum atomic E-state index is -1.04. The van der Waals surface area contributed by atoms with Gasteiger partial charge in [0.25, 0.3) is 0 Å². The topological polar surface area (TPSA) is 130 Å². The summed E-state index contributed by atoms with van der Waals surface area (Å²) in [6.07, 6.45) is 0.736. The summed E-state index contributed by atoms with van der Waals surface area (Å²) in [4.78, 5) is 50.8. The fraction of sp³-hybridized carbons (Fsp3) is 0.286. The standard InChI is InChI=1S/C28H29ClN4O6S/c1-3-21(23-11-12-24(40-23)27(35)36)31-28(37)33-16-25(32-39-20-7-5-4-6-8-20)30-15-18(26(33)34)13-17-14-19(29)9-10-22(17)38-2/h4-12,14,18,21H,3,13,15-16H2,1-2H3,(H,30,32)(H,31,37)(H,35,36)/t18-,21-/m1/s1. The van der Waals surface area contributed by atoms with Crippen LogP contribution >= 0.6 is 22.9 Å². The van der Waals surface area contributed by atoms with E-state index in [1.165, 1.54) is 13.2 Å². The number of nitrogens with zero attached hydrogens (tertiary/aromatic N) is 2. The van der Waals surface area contributed by atoms with Crippen LogP contribution in [0.3, 0.4) is 0 Å². The SMILES string of the molecule is CC[C@@H](NC(=O)N1CC(NOc2ccccc2)=NC[C@@H](Cc2cc(Cl)ccc2OC)C1=O)c1ccc(C(=O)O)s1. The highest BCUT2D eigenvalue weighted by molar-refractivity contribution is 7.14. The summed E-state index contributed by atoms with van der Waals surface area (Å²) < 4.78 is 5.45. The minimum Gasteiger partial charge on any atom is -0.496 e. The summed E-state index contributed by atoms with van der Waals surface area (Å²) in [5.41, 5.74) is 3.50. The third-order valence-corrected chi connectivity index (χ3v) is 7.72. The molecule has 10 nitrogen and oxygen atoms in total. The number of halogens is 1. The molecule has 0 radical (unpaired) electrons. The Hall–Kier alpha value is -4.09. The van der Waals surface area contributed by atoms with E-state index in [0.29, 0.717) is 39.2 Å². The molecule has 0 unspecified atom stereocenters. The van der Waals surface area contributed by atoms with E-state index >= 15 is 0 Å². The number of carboxylic acids is 1.